The van der Waals surface area contributed by atoms with Crippen LogP contribution in [0.15, 0.2) is 41.3 Å². The zero-order valence-corrected chi connectivity index (χ0v) is 16.2. The van der Waals surface area contributed by atoms with Crippen LogP contribution in [0.25, 0.3) is 0 Å². The maximum Gasteiger partial charge on any atom is 0.244 e. The molecule has 10 heteroatoms. The molecule has 0 spiro atoms. The van der Waals surface area contributed by atoms with Crippen molar-refractivity contribution in [3.8, 4) is 5.75 Å². The van der Waals surface area contributed by atoms with Crippen LogP contribution in [0.2, 0.25) is 10.0 Å². The lowest BCUT2D eigenvalue weighted by Gasteiger charge is -2.47. The lowest BCUT2D eigenvalue weighted by molar-refractivity contribution is -0.0273. The Morgan fingerprint density at radius 2 is 1.81 bits per heavy atom. The first-order valence-corrected chi connectivity index (χ1v) is 10.0. The minimum atomic E-state index is -3.86. The molecule has 0 aliphatic carbocycles. The summed E-state index contributed by atoms with van der Waals surface area (Å²) < 4.78 is 58.1. The van der Waals surface area contributed by atoms with Crippen LogP contribution >= 0.6 is 23.2 Å². The monoisotopic (exact) mass is 437 g/mol. The third kappa shape index (κ3) is 4.05. The fourth-order valence-electron chi connectivity index (χ4n) is 2.74. The number of aliphatic hydroxyl groups is 1. The summed E-state index contributed by atoms with van der Waals surface area (Å²) in [6, 6.07) is 7.14. The molecule has 0 amide bonds. The van der Waals surface area contributed by atoms with E-state index < -0.39 is 27.1 Å². The molecule has 3 rings (SSSR count). The lowest BCUT2D eigenvalue weighted by Crippen LogP contribution is -2.62. The zero-order valence-electron chi connectivity index (χ0n) is 13.8. The summed E-state index contributed by atoms with van der Waals surface area (Å²) in [7, 11) is -3.86. The van der Waals surface area contributed by atoms with Crippen LogP contribution in [-0.4, -0.2) is 44.1 Å². The number of halogens is 4. The zero-order chi connectivity index (χ0) is 19.8. The van der Waals surface area contributed by atoms with Gasteiger partial charge in [-0.2, -0.15) is 4.31 Å². The van der Waals surface area contributed by atoms with E-state index in [9.17, 15) is 22.3 Å². The van der Waals surface area contributed by atoms with Gasteiger partial charge in [0, 0.05) is 24.2 Å². The van der Waals surface area contributed by atoms with Crippen LogP contribution in [-0.2, 0) is 10.0 Å². The summed E-state index contributed by atoms with van der Waals surface area (Å²) in [6.45, 7) is -0.408. The van der Waals surface area contributed by atoms with Crippen molar-refractivity contribution < 1.29 is 27.0 Å². The average Bonchev–Trinajstić information content (AvgIpc) is 2.56. The van der Waals surface area contributed by atoms with Gasteiger partial charge in [0.15, 0.2) is 11.6 Å². The van der Waals surface area contributed by atoms with Crippen LogP contribution in [0.3, 0.4) is 0 Å². The van der Waals surface area contributed by atoms with Gasteiger partial charge < -0.3 is 9.84 Å². The molecule has 1 aliphatic rings. The van der Waals surface area contributed by atoms with Crippen molar-refractivity contribution in [3.05, 3.63) is 58.1 Å². The number of hydrogen-bond donors (Lipinski definition) is 1. The fraction of sp³-hybridized carbons (Fsp3) is 0.294. The number of hydrogen-bond acceptors (Lipinski definition) is 4. The maximum atomic E-state index is 13.2. The number of ether oxygens (including phenoxy) is 1. The Kier molecular flexibility index (Phi) is 5.65. The van der Waals surface area contributed by atoms with E-state index in [-0.39, 0.29) is 42.0 Å². The Bertz CT molecular complexity index is 965. The highest BCUT2D eigenvalue weighted by Gasteiger charge is 2.49. The van der Waals surface area contributed by atoms with Gasteiger partial charge in [-0.25, -0.2) is 17.2 Å². The molecule has 146 valence electrons. The number of benzene rings is 2. The summed E-state index contributed by atoms with van der Waals surface area (Å²) in [5.74, 6) is -1.97. The molecule has 0 unspecified atom stereocenters. The molecule has 0 atom stereocenters. The lowest BCUT2D eigenvalue weighted by atomic mass is 9.83. The van der Waals surface area contributed by atoms with Gasteiger partial charge in [-0.05, 0) is 30.3 Å². The van der Waals surface area contributed by atoms with E-state index in [1.54, 1.807) is 0 Å². The van der Waals surface area contributed by atoms with E-state index in [0.717, 1.165) is 16.4 Å². The molecule has 1 aliphatic heterocycles. The summed E-state index contributed by atoms with van der Waals surface area (Å²) in [6.07, 6.45) is 0. The molecule has 0 saturated carbocycles. The van der Waals surface area contributed by atoms with Gasteiger partial charge in [0.25, 0.3) is 0 Å². The predicted molar refractivity (Wildman–Crippen MR) is 96.6 cm³/mol. The SMILES string of the molecule is O=S(=O)(c1ccc(Cl)cc1Cl)N1CC(CO)(COc2ccc(F)c(F)c2)C1. The third-order valence-electron chi connectivity index (χ3n) is 4.31. The predicted octanol–water partition coefficient (Wildman–Crippen LogP) is 3.33. The van der Waals surface area contributed by atoms with Crippen molar-refractivity contribution >= 4 is 33.2 Å². The molecular formula is C17H15Cl2F2NO4S. The van der Waals surface area contributed by atoms with Gasteiger partial charge in [0.1, 0.15) is 10.6 Å². The van der Waals surface area contributed by atoms with E-state index in [4.69, 9.17) is 27.9 Å². The molecular weight excluding hydrogens is 423 g/mol. The average molecular weight is 438 g/mol. The Morgan fingerprint density at radius 1 is 1.11 bits per heavy atom. The van der Waals surface area contributed by atoms with Gasteiger partial charge in [-0.15, -0.1) is 0 Å². The Labute approximate surface area is 165 Å². The van der Waals surface area contributed by atoms with Gasteiger partial charge in [-0.1, -0.05) is 23.2 Å². The first-order chi connectivity index (χ1) is 12.7. The topological polar surface area (TPSA) is 66.8 Å². The van der Waals surface area contributed by atoms with Gasteiger partial charge in [0.2, 0.25) is 10.0 Å². The number of sulfonamides is 1. The molecule has 2 aromatic carbocycles. The van der Waals surface area contributed by atoms with E-state index in [2.05, 4.69) is 0 Å². The second-order valence-corrected chi connectivity index (χ2v) is 9.12. The Balaban J connectivity index is 1.70. The molecule has 27 heavy (non-hydrogen) atoms. The highest BCUT2D eigenvalue weighted by Crippen LogP contribution is 2.37. The van der Waals surface area contributed by atoms with Crippen LogP contribution in [0.1, 0.15) is 0 Å². The molecule has 1 fully saturated rings. The molecule has 0 bridgehead atoms. The standard InChI is InChI=1S/C17H15Cl2F2NO4S/c18-11-1-4-16(13(19)5-11)27(24,25)22-7-17(8-22,9-23)10-26-12-2-3-14(20)15(21)6-12/h1-6,23H,7-10H2. The van der Waals surface area contributed by atoms with Crippen LogP contribution < -0.4 is 4.74 Å². The maximum absolute atomic E-state index is 13.2. The number of nitrogens with zero attached hydrogens (tertiary/aromatic N) is 1. The van der Waals surface area contributed by atoms with Crippen molar-refractivity contribution in [3.63, 3.8) is 0 Å². The number of rotatable bonds is 6. The minimum absolute atomic E-state index is 0.00189. The molecule has 1 heterocycles. The molecule has 5 nitrogen and oxygen atoms in total. The quantitative estimate of drug-likeness (QED) is 0.752. The highest BCUT2D eigenvalue weighted by atomic mass is 35.5. The first kappa shape index (κ1) is 20.3. The normalized spacial score (nSPS) is 16.8. The second-order valence-electron chi connectivity index (χ2n) is 6.37. The van der Waals surface area contributed by atoms with Gasteiger partial charge >= 0.3 is 0 Å². The van der Waals surface area contributed by atoms with Crippen molar-refractivity contribution in [2.75, 3.05) is 26.3 Å². The molecule has 1 saturated heterocycles. The van der Waals surface area contributed by atoms with Crippen LogP contribution in [0, 0.1) is 17.0 Å². The van der Waals surface area contributed by atoms with Crippen molar-refractivity contribution in [2.45, 2.75) is 4.90 Å². The largest absolute Gasteiger partial charge is 0.493 e. The van der Waals surface area contributed by atoms with Gasteiger partial charge in [0.05, 0.1) is 23.7 Å². The van der Waals surface area contributed by atoms with E-state index in [1.165, 1.54) is 24.3 Å². The Morgan fingerprint density at radius 3 is 2.41 bits per heavy atom. The molecule has 1 N–H and O–H groups in total. The van der Waals surface area contributed by atoms with E-state index in [0.29, 0.717) is 5.02 Å². The van der Waals surface area contributed by atoms with E-state index in [1.807, 2.05) is 0 Å². The van der Waals surface area contributed by atoms with Crippen LogP contribution in [0.5, 0.6) is 5.75 Å². The fourth-order valence-corrected chi connectivity index (χ4v) is 5.15. The Hall–Kier alpha value is -1.45. The second kappa shape index (κ2) is 7.52. The summed E-state index contributed by atoms with van der Waals surface area (Å²) >= 11 is 11.8. The molecule has 0 radical (unpaired) electrons. The summed E-state index contributed by atoms with van der Waals surface area (Å²) in [5, 5.41) is 9.99. The van der Waals surface area contributed by atoms with Crippen LogP contribution in [0.4, 0.5) is 8.78 Å². The third-order valence-corrected chi connectivity index (χ3v) is 6.82. The molecule has 0 aromatic heterocycles. The van der Waals surface area contributed by atoms with Crippen molar-refractivity contribution in [1.29, 1.82) is 0 Å². The van der Waals surface area contributed by atoms with E-state index >= 15 is 0 Å². The highest BCUT2D eigenvalue weighted by molar-refractivity contribution is 7.89. The van der Waals surface area contributed by atoms with Crippen molar-refractivity contribution in [2.24, 2.45) is 5.41 Å². The minimum Gasteiger partial charge on any atom is -0.493 e. The van der Waals surface area contributed by atoms with Gasteiger partial charge in [-0.3, -0.25) is 0 Å². The number of aliphatic hydroxyl groups excluding tert-OH is 1. The van der Waals surface area contributed by atoms with Crippen molar-refractivity contribution in [1.82, 2.24) is 4.31 Å². The molecule has 2 aromatic rings. The first-order valence-electron chi connectivity index (χ1n) is 7.81. The summed E-state index contributed by atoms with van der Waals surface area (Å²) in [5.41, 5.74) is -0.850. The smallest absolute Gasteiger partial charge is 0.244 e. The summed E-state index contributed by atoms with van der Waals surface area (Å²) in [4.78, 5) is -0.0818.